The zero-order valence-corrected chi connectivity index (χ0v) is 7.27. The molecule has 2 atom stereocenters. The number of nitrogens with one attached hydrogen (secondary N) is 1. The normalized spacial score (nSPS) is 22.0. The van der Waals surface area contributed by atoms with Crippen LogP contribution in [0.5, 0.6) is 0 Å². The largest absolute Gasteiger partial charge is 2.00 e. The molecule has 10 heteroatoms. The van der Waals surface area contributed by atoms with Crippen LogP contribution in [0.2, 0.25) is 0 Å². The van der Waals surface area contributed by atoms with Gasteiger partial charge in [-0.3, -0.25) is 11.0 Å². The van der Waals surface area contributed by atoms with Crippen molar-refractivity contribution in [3.8, 4) is 0 Å². The smallest absolute Gasteiger partial charge is 0.776 e. The second-order valence-corrected chi connectivity index (χ2v) is 4.48. The van der Waals surface area contributed by atoms with Crippen LogP contribution in [0.4, 0.5) is 0 Å². The van der Waals surface area contributed by atoms with Crippen LogP contribution in [0.15, 0.2) is 0 Å². The summed E-state index contributed by atoms with van der Waals surface area (Å²) < 4.78 is 19.8. The van der Waals surface area contributed by atoms with Gasteiger partial charge in [0.15, 0.2) is 0 Å². The molecule has 2 unspecified atom stereocenters. The molecule has 0 aliphatic rings. The molecule has 0 rings (SSSR count). The Labute approximate surface area is 67.2 Å². The second-order valence-electron chi connectivity index (χ2n) is 1.29. The van der Waals surface area contributed by atoms with Crippen LogP contribution in [0.3, 0.4) is 0 Å². The second kappa shape index (κ2) is 3.95. The van der Waals surface area contributed by atoms with Crippen molar-refractivity contribution >= 4 is 15.3 Å². The Kier molecular flexibility index (Phi) is 5.27. The van der Waals surface area contributed by atoms with Gasteiger partial charge in [0, 0.05) is 0 Å². The fourth-order valence-corrected chi connectivity index (χ4v) is 1.75. The molecule has 10 heavy (non-hydrogen) atoms. The molecule has 0 saturated carbocycles. The van der Waals surface area contributed by atoms with Gasteiger partial charge in [0.1, 0.15) is 15.3 Å². The van der Waals surface area contributed by atoms with Crippen molar-refractivity contribution in [2.24, 2.45) is 11.0 Å². The molecule has 0 aromatic carbocycles. The van der Waals surface area contributed by atoms with Gasteiger partial charge >= 0.3 is 16.5 Å². The van der Waals surface area contributed by atoms with Crippen molar-refractivity contribution in [2.45, 2.75) is 0 Å². The summed E-state index contributed by atoms with van der Waals surface area (Å²) in [7, 11) is -8.98. The van der Waals surface area contributed by atoms with E-state index in [1.807, 2.05) is 0 Å². The third-order valence-corrected chi connectivity index (χ3v) is 2.51. The first kappa shape index (κ1) is 13.4. The van der Waals surface area contributed by atoms with Gasteiger partial charge in [0.25, 0.3) is 0 Å². The minimum atomic E-state index is -4.49. The average molecular weight is 232 g/mol. The zero-order valence-electron chi connectivity index (χ0n) is 4.50. The molecule has 0 spiro atoms. The Bertz CT molecular complexity index is 159. The topological polar surface area (TPSA) is 144 Å². The van der Waals surface area contributed by atoms with Gasteiger partial charge in [-0.15, -0.1) is 0 Å². The summed E-state index contributed by atoms with van der Waals surface area (Å²) in [6, 6.07) is 0. The van der Waals surface area contributed by atoms with E-state index in [1.165, 1.54) is 0 Å². The molecule has 7 nitrogen and oxygen atoms in total. The molecule has 0 aromatic heterocycles. The van der Waals surface area contributed by atoms with Crippen molar-refractivity contribution in [1.82, 2.24) is 4.86 Å². The zero-order chi connectivity index (χ0) is 7.71. The predicted octanol–water partition coefficient (Wildman–Crippen LogP) is -2.57. The van der Waals surface area contributed by atoms with E-state index in [0.717, 1.165) is 4.86 Å². The van der Waals surface area contributed by atoms with Gasteiger partial charge in [0.2, 0.25) is 0 Å². The monoisotopic (exact) mass is 231 g/mol. The maximum Gasteiger partial charge on any atom is 2.00 e. The Morgan fingerprint density at radius 3 is 1.30 bits per heavy atom. The number of rotatable bonds is 2. The van der Waals surface area contributed by atoms with Gasteiger partial charge in [-0.2, -0.15) is 0 Å². The van der Waals surface area contributed by atoms with Crippen LogP contribution in [0.1, 0.15) is 0 Å². The predicted molar refractivity (Wildman–Crippen MR) is 26.7 cm³/mol. The summed E-state index contributed by atoms with van der Waals surface area (Å²) in [4.78, 5) is 20.8. The Morgan fingerprint density at radius 2 is 1.30 bits per heavy atom. The van der Waals surface area contributed by atoms with E-state index in [9.17, 15) is 18.9 Å². The molecule has 0 radical (unpaired) electrons. The van der Waals surface area contributed by atoms with Gasteiger partial charge in [-0.05, 0) is 0 Å². The number of hydrogen-bond acceptors (Lipinski definition) is 4. The van der Waals surface area contributed by atoms with E-state index in [4.69, 9.17) is 0 Å². The Hall–Kier alpha value is 0.754. The Balaban J connectivity index is 0. The van der Waals surface area contributed by atoms with Crippen LogP contribution < -0.4 is 25.7 Å². The van der Waals surface area contributed by atoms with Crippen LogP contribution in [-0.4, -0.2) is 0 Å². The fourth-order valence-electron chi connectivity index (χ4n) is 0.194. The summed E-state index contributed by atoms with van der Waals surface area (Å²) in [6.45, 7) is 0. The fraction of sp³-hybridized carbons (Fsp3) is 0. The standard InChI is InChI=1S/H7N3O4P2.Ni/c1-8(4,5)3-9(2,6)7;/h(H7,1,2,3,4,5,6,7);/q;+2/p-2. The van der Waals surface area contributed by atoms with E-state index in [1.54, 1.807) is 0 Å². The van der Waals surface area contributed by atoms with Crippen molar-refractivity contribution in [1.29, 1.82) is 0 Å². The Morgan fingerprint density at radius 1 is 1.10 bits per heavy atom. The van der Waals surface area contributed by atoms with Crippen molar-refractivity contribution in [3.05, 3.63) is 0 Å². The summed E-state index contributed by atoms with van der Waals surface area (Å²) in [5.74, 6) is 0. The first-order valence-corrected chi connectivity index (χ1v) is 5.08. The van der Waals surface area contributed by atoms with E-state index >= 15 is 0 Å². The third-order valence-electron chi connectivity index (χ3n) is 0.279. The molecule has 0 aliphatic heterocycles. The maximum absolute atomic E-state index is 9.89. The molecule has 0 bridgehead atoms. The number of hydrogen-bond donors (Lipinski definition) is 3. The molecule has 64 valence electrons. The summed E-state index contributed by atoms with van der Waals surface area (Å²) in [5.41, 5.74) is 8.52. The molecule has 0 heterocycles. The van der Waals surface area contributed by atoms with Crippen molar-refractivity contribution < 1.29 is 35.4 Å². The van der Waals surface area contributed by atoms with Gasteiger partial charge in [-0.25, -0.2) is 4.86 Å². The molecule has 0 aromatic rings. The maximum atomic E-state index is 9.89. The van der Waals surface area contributed by atoms with Crippen molar-refractivity contribution in [3.63, 3.8) is 0 Å². The van der Waals surface area contributed by atoms with Crippen LogP contribution in [0, 0.1) is 0 Å². The molecule has 0 fully saturated rings. The van der Waals surface area contributed by atoms with Crippen LogP contribution in [0.25, 0.3) is 0 Å². The molecular weight excluding hydrogens is 227 g/mol. The summed E-state index contributed by atoms with van der Waals surface area (Å²) in [6.07, 6.45) is 0. The SMILES string of the molecule is NP(=O)([O-])NP(N)(=O)[O-].[Ni+2]. The first-order valence-electron chi connectivity index (χ1n) is 1.69. The first-order chi connectivity index (χ1) is 3.71. The molecule has 5 N–H and O–H groups in total. The van der Waals surface area contributed by atoms with E-state index in [2.05, 4.69) is 11.0 Å². The molecule has 0 saturated heterocycles. The minimum absolute atomic E-state index is 0. The average Bonchev–Trinajstić information content (AvgIpc) is 1.14. The van der Waals surface area contributed by atoms with Gasteiger partial charge < -0.3 is 18.9 Å². The minimum Gasteiger partial charge on any atom is -0.776 e. The summed E-state index contributed by atoms with van der Waals surface area (Å²) in [5, 5.41) is 0. The third kappa shape index (κ3) is 11.5. The summed E-state index contributed by atoms with van der Waals surface area (Å²) >= 11 is 0. The quantitative estimate of drug-likeness (QED) is 0.350. The molecule has 0 amide bonds. The van der Waals surface area contributed by atoms with E-state index in [-0.39, 0.29) is 16.5 Å². The van der Waals surface area contributed by atoms with Crippen molar-refractivity contribution in [2.75, 3.05) is 0 Å². The van der Waals surface area contributed by atoms with E-state index in [0.29, 0.717) is 0 Å². The number of nitrogens with two attached hydrogens (primary N) is 2. The van der Waals surface area contributed by atoms with Crippen LogP contribution >= 0.6 is 15.3 Å². The molecule has 0 aliphatic carbocycles. The van der Waals surface area contributed by atoms with Gasteiger partial charge in [0.05, 0.1) is 0 Å². The van der Waals surface area contributed by atoms with Crippen LogP contribution in [-0.2, 0) is 25.6 Å². The van der Waals surface area contributed by atoms with Gasteiger partial charge in [-0.1, -0.05) is 0 Å². The van der Waals surface area contributed by atoms with E-state index < -0.39 is 15.3 Å². The molecular formula is H5N3NiO4P2.